The first-order valence-corrected chi connectivity index (χ1v) is 3.90. The van der Waals surface area contributed by atoms with E-state index in [-0.39, 0.29) is 0 Å². The van der Waals surface area contributed by atoms with Crippen LogP contribution in [0.2, 0.25) is 0 Å². The highest BCUT2D eigenvalue weighted by Gasteiger charge is 2.12. The minimum atomic E-state index is -0.850. The summed E-state index contributed by atoms with van der Waals surface area (Å²) in [5.41, 5.74) is 1.44. The maximum Gasteiger partial charge on any atom is 0.337 e. The summed E-state index contributed by atoms with van der Waals surface area (Å²) in [4.78, 5) is 10.6. The lowest BCUT2D eigenvalue weighted by molar-refractivity contribution is 0.0697. The van der Waals surface area contributed by atoms with Gasteiger partial charge in [0.15, 0.2) is 0 Å². The topological polar surface area (TPSA) is 54.3 Å². The maximum atomic E-state index is 10.6. The van der Waals surface area contributed by atoms with Crippen LogP contribution in [0.1, 0.15) is 16.1 Å². The third-order valence-electron chi connectivity index (χ3n) is 2.07. The van der Waals surface area contributed by atoms with Crippen LogP contribution in [-0.2, 0) is 13.1 Å². The molecule has 64 valence electrons. The molecule has 0 atom stereocenters. The van der Waals surface area contributed by atoms with Gasteiger partial charge in [0, 0.05) is 31.5 Å². The first kappa shape index (κ1) is 7.36. The highest BCUT2D eigenvalue weighted by atomic mass is 16.4. The summed E-state index contributed by atoms with van der Waals surface area (Å²) < 4.78 is 1.99. The van der Waals surface area contributed by atoms with E-state index < -0.39 is 5.97 Å². The van der Waals surface area contributed by atoms with Gasteiger partial charge in [0.1, 0.15) is 0 Å². The molecule has 1 aliphatic heterocycles. The fourth-order valence-electron chi connectivity index (χ4n) is 1.44. The summed E-state index contributed by atoms with van der Waals surface area (Å²) in [6.45, 7) is 2.55. The van der Waals surface area contributed by atoms with Crippen LogP contribution < -0.4 is 5.32 Å². The van der Waals surface area contributed by atoms with E-state index in [1.165, 1.54) is 0 Å². The van der Waals surface area contributed by atoms with Crippen molar-refractivity contribution in [2.45, 2.75) is 13.1 Å². The molecule has 0 amide bonds. The lowest BCUT2D eigenvalue weighted by Gasteiger charge is -2.15. The summed E-state index contributed by atoms with van der Waals surface area (Å²) in [5, 5.41) is 11.9. The highest BCUT2D eigenvalue weighted by molar-refractivity contribution is 5.87. The summed E-state index contributed by atoms with van der Waals surface area (Å²) in [7, 11) is 0. The standard InChI is InChI=1S/C8H10N2O2/c11-8(12)6-3-7-4-9-1-2-10(7)5-6/h3,5,9H,1-2,4H2,(H,11,12). The molecule has 2 N–H and O–H groups in total. The van der Waals surface area contributed by atoms with Crippen LogP contribution in [0.5, 0.6) is 0 Å². The fraction of sp³-hybridized carbons (Fsp3) is 0.375. The molecule has 4 heteroatoms. The smallest absolute Gasteiger partial charge is 0.337 e. The van der Waals surface area contributed by atoms with Crippen LogP contribution in [0.25, 0.3) is 0 Å². The van der Waals surface area contributed by atoms with E-state index in [2.05, 4.69) is 5.32 Å². The van der Waals surface area contributed by atoms with Gasteiger partial charge in [0.05, 0.1) is 5.56 Å². The summed E-state index contributed by atoms with van der Waals surface area (Å²) in [6.07, 6.45) is 1.69. The van der Waals surface area contributed by atoms with Gasteiger partial charge in [0.25, 0.3) is 0 Å². The molecule has 4 nitrogen and oxygen atoms in total. The van der Waals surface area contributed by atoms with Crippen molar-refractivity contribution in [3.05, 3.63) is 23.5 Å². The minimum absolute atomic E-state index is 0.383. The van der Waals surface area contributed by atoms with E-state index in [9.17, 15) is 4.79 Å². The van der Waals surface area contributed by atoms with Crippen LogP contribution in [0.3, 0.4) is 0 Å². The normalized spacial score (nSPS) is 15.7. The fourth-order valence-corrected chi connectivity index (χ4v) is 1.44. The number of aromatic nitrogens is 1. The monoisotopic (exact) mass is 166 g/mol. The molecule has 0 unspecified atom stereocenters. The van der Waals surface area contributed by atoms with Gasteiger partial charge in [-0.2, -0.15) is 0 Å². The molecule has 0 aliphatic carbocycles. The summed E-state index contributed by atoms with van der Waals surface area (Å²) in [5.74, 6) is -0.850. The Balaban J connectivity index is 2.38. The molecule has 1 aromatic rings. The number of hydrogen-bond acceptors (Lipinski definition) is 2. The Kier molecular flexibility index (Phi) is 1.62. The zero-order valence-electron chi connectivity index (χ0n) is 6.58. The van der Waals surface area contributed by atoms with Crippen LogP contribution in [0.4, 0.5) is 0 Å². The maximum absolute atomic E-state index is 10.6. The number of nitrogens with one attached hydrogen (secondary N) is 1. The van der Waals surface area contributed by atoms with Crippen molar-refractivity contribution >= 4 is 5.97 Å². The Morgan fingerprint density at radius 1 is 1.67 bits per heavy atom. The molecule has 2 rings (SSSR count). The van der Waals surface area contributed by atoms with Crippen molar-refractivity contribution in [3.63, 3.8) is 0 Å². The lowest BCUT2D eigenvalue weighted by Crippen LogP contribution is -2.27. The van der Waals surface area contributed by atoms with Crippen LogP contribution in [-0.4, -0.2) is 22.2 Å². The number of fused-ring (bicyclic) bond motifs is 1. The average Bonchev–Trinajstić information content (AvgIpc) is 2.46. The number of carboxylic acid groups (broad SMARTS) is 1. The predicted molar refractivity (Wildman–Crippen MR) is 43.1 cm³/mol. The van der Waals surface area contributed by atoms with Gasteiger partial charge in [-0.25, -0.2) is 4.79 Å². The second-order valence-electron chi connectivity index (χ2n) is 2.90. The molecule has 12 heavy (non-hydrogen) atoms. The van der Waals surface area contributed by atoms with Gasteiger partial charge in [0.2, 0.25) is 0 Å². The third kappa shape index (κ3) is 1.10. The first-order valence-electron chi connectivity index (χ1n) is 3.90. The van der Waals surface area contributed by atoms with Crippen LogP contribution in [0.15, 0.2) is 12.3 Å². The van der Waals surface area contributed by atoms with Gasteiger partial charge >= 0.3 is 5.97 Å². The number of nitrogens with zero attached hydrogens (tertiary/aromatic N) is 1. The Morgan fingerprint density at radius 3 is 3.17 bits per heavy atom. The molecule has 1 aromatic heterocycles. The van der Waals surface area contributed by atoms with Gasteiger partial charge in [-0.05, 0) is 6.07 Å². The number of aromatic carboxylic acids is 1. The van der Waals surface area contributed by atoms with Gasteiger partial charge in [-0.3, -0.25) is 0 Å². The molecule has 0 saturated heterocycles. The third-order valence-corrected chi connectivity index (χ3v) is 2.07. The number of carboxylic acids is 1. The second kappa shape index (κ2) is 2.64. The molecule has 0 spiro atoms. The van der Waals surface area contributed by atoms with Crippen LogP contribution >= 0.6 is 0 Å². The van der Waals surface area contributed by atoms with Crippen molar-refractivity contribution in [3.8, 4) is 0 Å². The summed E-state index contributed by atoms with van der Waals surface area (Å²) >= 11 is 0. The molecule has 0 aromatic carbocycles. The average molecular weight is 166 g/mol. The molecule has 0 radical (unpaired) electrons. The van der Waals surface area contributed by atoms with E-state index in [1.807, 2.05) is 4.57 Å². The van der Waals surface area contributed by atoms with Crippen molar-refractivity contribution in [2.24, 2.45) is 0 Å². The van der Waals surface area contributed by atoms with E-state index in [4.69, 9.17) is 5.11 Å². The van der Waals surface area contributed by atoms with Crippen molar-refractivity contribution in [1.82, 2.24) is 9.88 Å². The molecule has 0 saturated carbocycles. The number of hydrogen-bond donors (Lipinski definition) is 2. The SMILES string of the molecule is O=C(O)c1cc2n(c1)CCNC2. The van der Waals surface area contributed by atoms with Crippen molar-refractivity contribution < 1.29 is 9.90 Å². The molecule has 0 bridgehead atoms. The lowest BCUT2D eigenvalue weighted by atomic mass is 10.3. The Bertz CT molecular complexity index is 293. The quantitative estimate of drug-likeness (QED) is 0.630. The molecular formula is C8H10N2O2. The Hall–Kier alpha value is -1.29. The molecular weight excluding hydrogens is 156 g/mol. The number of carbonyl (C=O) groups is 1. The first-order chi connectivity index (χ1) is 5.77. The Labute approximate surface area is 69.8 Å². The summed E-state index contributed by atoms with van der Waals surface area (Å²) in [6, 6.07) is 1.72. The van der Waals surface area contributed by atoms with E-state index in [0.29, 0.717) is 5.56 Å². The van der Waals surface area contributed by atoms with E-state index >= 15 is 0 Å². The number of rotatable bonds is 1. The highest BCUT2D eigenvalue weighted by Crippen LogP contribution is 2.10. The van der Waals surface area contributed by atoms with Crippen molar-refractivity contribution in [2.75, 3.05) is 6.54 Å². The zero-order chi connectivity index (χ0) is 8.55. The van der Waals surface area contributed by atoms with Gasteiger partial charge in [-0.15, -0.1) is 0 Å². The van der Waals surface area contributed by atoms with Gasteiger partial charge < -0.3 is 15.0 Å². The van der Waals surface area contributed by atoms with E-state index in [1.54, 1.807) is 12.3 Å². The molecule has 1 aliphatic rings. The predicted octanol–water partition coefficient (Wildman–Crippen LogP) is 0.289. The Morgan fingerprint density at radius 2 is 2.50 bits per heavy atom. The van der Waals surface area contributed by atoms with E-state index in [0.717, 1.165) is 25.3 Å². The van der Waals surface area contributed by atoms with Gasteiger partial charge in [-0.1, -0.05) is 0 Å². The minimum Gasteiger partial charge on any atom is -0.478 e. The molecule has 0 fully saturated rings. The van der Waals surface area contributed by atoms with Crippen molar-refractivity contribution in [1.29, 1.82) is 0 Å². The van der Waals surface area contributed by atoms with Crippen LogP contribution in [0, 0.1) is 0 Å². The second-order valence-corrected chi connectivity index (χ2v) is 2.90. The largest absolute Gasteiger partial charge is 0.478 e. The molecule has 2 heterocycles. The zero-order valence-corrected chi connectivity index (χ0v) is 6.58.